The van der Waals surface area contributed by atoms with Crippen LogP contribution >= 0.6 is 0 Å². The molecule has 4 nitrogen and oxygen atoms in total. The van der Waals surface area contributed by atoms with Crippen LogP contribution in [0, 0.1) is 5.92 Å². The Kier molecular flexibility index (Phi) is 4.76. The van der Waals surface area contributed by atoms with E-state index in [1.807, 2.05) is 6.92 Å². The number of ether oxygens (including phenoxy) is 3. The standard InChI is InChI=1S/C16H25NO3/c1-6-20-15-12(18-4)9-11-7-8-17-14(10(2)3)13(11)16(15)19-5/h9-10,14,17H,6-8H2,1-5H3. The number of fused-ring (bicyclic) bond motifs is 1. The summed E-state index contributed by atoms with van der Waals surface area (Å²) in [6.07, 6.45) is 0.984. The van der Waals surface area contributed by atoms with Gasteiger partial charge in [-0.25, -0.2) is 0 Å². The largest absolute Gasteiger partial charge is 0.493 e. The highest BCUT2D eigenvalue weighted by atomic mass is 16.5. The molecule has 0 amide bonds. The van der Waals surface area contributed by atoms with Gasteiger partial charge in [-0.15, -0.1) is 0 Å². The first kappa shape index (κ1) is 15.0. The fourth-order valence-electron chi connectivity index (χ4n) is 2.90. The molecule has 1 aromatic carbocycles. The van der Waals surface area contributed by atoms with Gasteiger partial charge in [0.1, 0.15) is 0 Å². The molecule has 0 bridgehead atoms. The average molecular weight is 279 g/mol. The van der Waals surface area contributed by atoms with Crippen molar-refractivity contribution in [3.05, 3.63) is 17.2 Å². The lowest BCUT2D eigenvalue weighted by Gasteiger charge is -2.32. The highest BCUT2D eigenvalue weighted by Crippen LogP contribution is 2.47. The molecule has 4 heteroatoms. The van der Waals surface area contributed by atoms with Gasteiger partial charge >= 0.3 is 0 Å². The zero-order valence-corrected chi connectivity index (χ0v) is 13.1. The molecular formula is C16H25NO3. The van der Waals surface area contributed by atoms with Gasteiger partial charge in [-0.1, -0.05) is 13.8 Å². The Labute approximate surface area is 121 Å². The first-order chi connectivity index (χ1) is 9.63. The summed E-state index contributed by atoms with van der Waals surface area (Å²) in [4.78, 5) is 0. The Morgan fingerprint density at radius 1 is 1.25 bits per heavy atom. The maximum Gasteiger partial charge on any atom is 0.203 e. The van der Waals surface area contributed by atoms with Gasteiger partial charge < -0.3 is 19.5 Å². The molecule has 1 aliphatic rings. The first-order valence-electron chi connectivity index (χ1n) is 7.27. The molecule has 1 N–H and O–H groups in total. The van der Waals surface area contributed by atoms with E-state index < -0.39 is 0 Å². The second-order valence-corrected chi connectivity index (χ2v) is 5.37. The molecule has 1 heterocycles. The van der Waals surface area contributed by atoms with E-state index in [-0.39, 0.29) is 0 Å². The van der Waals surface area contributed by atoms with Crippen molar-refractivity contribution >= 4 is 0 Å². The van der Waals surface area contributed by atoms with E-state index in [4.69, 9.17) is 14.2 Å². The van der Waals surface area contributed by atoms with Crippen molar-refractivity contribution in [1.29, 1.82) is 0 Å². The van der Waals surface area contributed by atoms with Crippen LogP contribution in [0.25, 0.3) is 0 Å². The topological polar surface area (TPSA) is 39.7 Å². The fourth-order valence-corrected chi connectivity index (χ4v) is 2.90. The minimum absolute atomic E-state index is 0.291. The van der Waals surface area contributed by atoms with Crippen molar-refractivity contribution < 1.29 is 14.2 Å². The van der Waals surface area contributed by atoms with Gasteiger partial charge in [-0.2, -0.15) is 0 Å². The number of hydrogen-bond acceptors (Lipinski definition) is 4. The van der Waals surface area contributed by atoms with Crippen molar-refractivity contribution in [2.75, 3.05) is 27.4 Å². The van der Waals surface area contributed by atoms with E-state index in [0.29, 0.717) is 24.3 Å². The van der Waals surface area contributed by atoms with E-state index in [2.05, 4.69) is 25.2 Å². The molecule has 2 rings (SSSR count). The van der Waals surface area contributed by atoms with Gasteiger partial charge in [0, 0.05) is 11.6 Å². The van der Waals surface area contributed by atoms with Crippen LogP contribution in [-0.4, -0.2) is 27.4 Å². The summed E-state index contributed by atoms with van der Waals surface area (Å²) in [5, 5.41) is 3.58. The number of nitrogens with one attached hydrogen (secondary N) is 1. The van der Waals surface area contributed by atoms with Gasteiger partial charge in [0.15, 0.2) is 11.5 Å². The van der Waals surface area contributed by atoms with Crippen molar-refractivity contribution in [3.63, 3.8) is 0 Å². The third kappa shape index (κ3) is 2.57. The van der Waals surface area contributed by atoms with Gasteiger partial charge in [-0.05, 0) is 37.4 Å². The molecule has 1 unspecified atom stereocenters. The Hall–Kier alpha value is -1.42. The Balaban J connectivity index is 2.63. The molecular weight excluding hydrogens is 254 g/mol. The Bertz CT molecular complexity index is 471. The quantitative estimate of drug-likeness (QED) is 0.899. The molecule has 1 aliphatic heterocycles. The zero-order chi connectivity index (χ0) is 14.7. The molecule has 0 saturated heterocycles. The van der Waals surface area contributed by atoms with Crippen molar-refractivity contribution in [1.82, 2.24) is 5.32 Å². The minimum Gasteiger partial charge on any atom is -0.493 e. The molecule has 1 aromatic rings. The van der Waals surface area contributed by atoms with Gasteiger partial charge in [0.05, 0.1) is 20.8 Å². The molecule has 20 heavy (non-hydrogen) atoms. The fraction of sp³-hybridized carbons (Fsp3) is 0.625. The second kappa shape index (κ2) is 6.35. The Morgan fingerprint density at radius 3 is 2.55 bits per heavy atom. The molecule has 1 atom stereocenters. The van der Waals surface area contributed by atoms with E-state index in [1.54, 1.807) is 14.2 Å². The molecule has 0 aliphatic carbocycles. The Morgan fingerprint density at radius 2 is 2.00 bits per heavy atom. The maximum absolute atomic E-state index is 5.77. The summed E-state index contributed by atoms with van der Waals surface area (Å²) < 4.78 is 16.9. The monoisotopic (exact) mass is 279 g/mol. The highest BCUT2D eigenvalue weighted by molar-refractivity contribution is 5.61. The van der Waals surface area contributed by atoms with Crippen molar-refractivity contribution in [2.45, 2.75) is 33.2 Å². The number of hydrogen-bond donors (Lipinski definition) is 1. The third-order valence-corrected chi connectivity index (χ3v) is 3.77. The average Bonchev–Trinajstić information content (AvgIpc) is 2.45. The molecule has 0 aromatic heterocycles. The van der Waals surface area contributed by atoms with Gasteiger partial charge in [0.2, 0.25) is 5.75 Å². The van der Waals surface area contributed by atoms with Gasteiger partial charge in [0.25, 0.3) is 0 Å². The van der Waals surface area contributed by atoms with Crippen LogP contribution in [-0.2, 0) is 6.42 Å². The molecule has 0 radical (unpaired) electrons. The lowest BCUT2D eigenvalue weighted by molar-refractivity contribution is 0.279. The van der Waals surface area contributed by atoms with Crippen molar-refractivity contribution in [2.24, 2.45) is 5.92 Å². The second-order valence-electron chi connectivity index (χ2n) is 5.37. The van der Waals surface area contributed by atoms with E-state index in [0.717, 1.165) is 24.5 Å². The summed E-state index contributed by atoms with van der Waals surface area (Å²) >= 11 is 0. The summed E-state index contributed by atoms with van der Waals surface area (Å²) in [6.45, 7) is 7.98. The normalized spacial score (nSPS) is 17.8. The lowest BCUT2D eigenvalue weighted by Crippen LogP contribution is -2.33. The van der Waals surface area contributed by atoms with E-state index >= 15 is 0 Å². The van der Waals surface area contributed by atoms with Crippen LogP contribution in [0.5, 0.6) is 17.2 Å². The number of rotatable bonds is 5. The summed E-state index contributed by atoms with van der Waals surface area (Å²) in [6, 6.07) is 2.39. The van der Waals surface area contributed by atoms with Crippen LogP contribution in [0.1, 0.15) is 37.9 Å². The van der Waals surface area contributed by atoms with E-state index in [9.17, 15) is 0 Å². The SMILES string of the molecule is CCOc1c(OC)cc2c(c1OC)C(C(C)C)NCC2. The number of methoxy groups -OCH3 is 2. The summed E-state index contributed by atoms with van der Waals surface area (Å²) in [5.74, 6) is 2.77. The molecule has 0 saturated carbocycles. The third-order valence-electron chi connectivity index (χ3n) is 3.77. The van der Waals surface area contributed by atoms with Crippen LogP contribution < -0.4 is 19.5 Å². The van der Waals surface area contributed by atoms with Crippen LogP contribution in [0.15, 0.2) is 6.07 Å². The maximum atomic E-state index is 5.77. The smallest absolute Gasteiger partial charge is 0.203 e. The molecule has 0 fully saturated rings. The highest BCUT2D eigenvalue weighted by Gasteiger charge is 2.30. The zero-order valence-electron chi connectivity index (χ0n) is 13.1. The predicted octanol–water partition coefficient (Wildman–Crippen LogP) is 2.95. The van der Waals surface area contributed by atoms with Crippen LogP contribution in [0.2, 0.25) is 0 Å². The van der Waals surface area contributed by atoms with Crippen LogP contribution in [0.4, 0.5) is 0 Å². The number of benzene rings is 1. The first-order valence-corrected chi connectivity index (χ1v) is 7.27. The van der Waals surface area contributed by atoms with Gasteiger partial charge in [-0.3, -0.25) is 0 Å². The van der Waals surface area contributed by atoms with E-state index in [1.165, 1.54) is 11.1 Å². The minimum atomic E-state index is 0.291. The predicted molar refractivity (Wildman–Crippen MR) is 80.0 cm³/mol. The summed E-state index contributed by atoms with van der Waals surface area (Å²) in [5.41, 5.74) is 2.51. The van der Waals surface area contributed by atoms with Crippen LogP contribution in [0.3, 0.4) is 0 Å². The van der Waals surface area contributed by atoms with Crippen molar-refractivity contribution in [3.8, 4) is 17.2 Å². The molecule has 0 spiro atoms. The summed E-state index contributed by atoms with van der Waals surface area (Å²) in [7, 11) is 3.37. The lowest BCUT2D eigenvalue weighted by atomic mass is 9.86. The molecule has 112 valence electrons.